The van der Waals surface area contributed by atoms with E-state index in [1.165, 1.54) is 17.0 Å². The molecule has 1 unspecified atom stereocenters. The number of amides is 1. The topological polar surface area (TPSA) is 95.5 Å². The van der Waals surface area contributed by atoms with Crippen molar-refractivity contribution in [2.45, 2.75) is 25.6 Å². The number of alkyl halides is 3. The summed E-state index contributed by atoms with van der Waals surface area (Å²) in [6.07, 6.45) is -4.76. The molecule has 2 heterocycles. The van der Waals surface area contributed by atoms with Crippen LogP contribution in [0.15, 0.2) is 24.3 Å². The molecule has 1 amide bonds. The number of rotatable bonds is 4. The fourth-order valence-corrected chi connectivity index (χ4v) is 3.08. The van der Waals surface area contributed by atoms with Crippen LogP contribution in [0.5, 0.6) is 0 Å². The Hall–Kier alpha value is -2.88. The van der Waals surface area contributed by atoms with Gasteiger partial charge in [0.05, 0.1) is 31.2 Å². The Morgan fingerprint density at radius 2 is 2.14 bits per heavy atom. The van der Waals surface area contributed by atoms with Crippen molar-refractivity contribution in [2.75, 3.05) is 19.8 Å². The molecule has 1 aliphatic rings. The van der Waals surface area contributed by atoms with E-state index in [0.29, 0.717) is 5.69 Å². The second kappa shape index (κ2) is 7.63. The molecule has 1 atom stereocenters. The number of aromatic amines is 1. The van der Waals surface area contributed by atoms with E-state index in [2.05, 4.69) is 9.97 Å². The van der Waals surface area contributed by atoms with Crippen LogP contribution in [0.25, 0.3) is 11.4 Å². The number of carbonyl (C=O) groups excluding carboxylic acids is 1. The number of hydrogen-bond donors (Lipinski definition) is 2. The Labute approximate surface area is 158 Å². The highest BCUT2D eigenvalue weighted by Crippen LogP contribution is 2.32. The number of carboxylic acid groups (broad SMARTS) is 1. The maximum Gasteiger partial charge on any atom is 0.416 e. The smallest absolute Gasteiger partial charge is 0.416 e. The van der Waals surface area contributed by atoms with Gasteiger partial charge in [0.2, 0.25) is 0 Å². The number of nitrogens with one attached hydrogen (secondary N) is 1. The SMILES string of the molecule is Cc1[nH]c(-c2cccc(C(F)(F)F)c2)nc1C(=O)N1CCOCC1CC(=O)O. The molecule has 3 rings (SSSR count). The molecule has 0 radical (unpaired) electrons. The van der Waals surface area contributed by atoms with Gasteiger partial charge in [0, 0.05) is 17.8 Å². The predicted octanol–water partition coefficient (Wildman–Crippen LogP) is 2.72. The Kier molecular flexibility index (Phi) is 5.41. The summed E-state index contributed by atoms with van der Waals surface area (Å²) in [5.74, 6) is -1.41. The Morgan fingerprint density at radius 3 is 2.82 bits per heavy atom. The predicted molar refractivity (Wildman–Crippen MR) is 91.7 cm³/mol. The minimum Gasteiger partial charge on any atom is -0.481 e. The number of aromatic nitrogens is 2. The zero-order chi connectivity index (χ0) is 20.5. The number of carboxylic acids is 1. The molecule has 7 nitrogen and oxygen atoms in total. The van der Waals surface area contributed by atoms with Crippen LogP contribution in [0.4, 0.5) is 13.2 Å². The molecule has 2 N–H and O–H groups in total. The lowest BCUT2D eigenvalue weighted by atomic mass is 10.1. The van der Waals surface area contributed by atoms with Crippen LogP contribution in [0.2, 0.25) is 0 Å². The van der Waals surface area contributed by atoms with Gasteiger partial charge in [-0.05, 0) is 19.1 Å². The summed E-state index contributed by atoms with van der Waals surface area (Å²) < 4.78 is 44.1. The zero-order valence-corrected chi connectivity index (χ0v) is 14.9. The highest BCUT2D eigenvalue weighted by atomic mass is 19.4. The maximum atomic E-state index is 12.9. The molecule has 0 spiro atoms. The third-order valence-electron chi connectivity index (χ3n) is 4.45. The largest absolute Gasteiger partial charge is 0.481 e. The number of imidazole rings is 1. The van der Waals surface area contributed by atoms with Crippen LogP contribution >= 0.6 is 0 Å². The van der Waals surface area contributed by atoms with Gasteiger partial charge in [-0.15, -0.1) is 0 Å². The van der Waals surface area contributed by atoms with Crippen LogP contribution in [0.3, 0.4) is 0 Å². The van der Waals surface area contributed by atoms with Crippen molar-refractivity contribution in [1.29, 1.82) is 0 Å². The van der Waals surface area contributed by atoms with Crippen molar-refractivity contribution in [3.05, 3.63) is 41.2 Å². The van der Waals surface area contributed by atoms with E-state index in [1.807, 2.05) is 0 Å². The quantitative estimate of drug-likeness (QED) is 0.827. The zero-order valence-electron chi connectivity index (χ0n) is 14.9. The van der Waals surface area contributed by atoms with E-state index in [9.17, 15) is 22.8 Å². The first-order valence-corrected chi connectivity index (χ1v) is 8.51. The molecular weight excluding hydrogens is 379 g/mol. The summed E-state index contributed by atoms with van der Waals surface area (Å²) in [5, 5.41) is 9.03. The van der Waals surface area contributed by atoms with Crippen LogP contribution in [-0.4, -0.2) is 57.7 Å². The number of benzene rings is 1. The first-order chi connectivity index (χ1) is 13.2. The summed E-state index contributed by atoms with van der Waals surface area (Å²) in [7, 11) is 0. The van der Waals surface area contributed by atoms with Gasteiger partial charge in [-0.2, -0.15) is 13.2 Å². The highest BCUT2D eigenvalue weighted by molar-refractivity contribution is 5.94. The lowest BCUT2D eigenvalue weighted by Gasteiger charge is -2.34. The van der Waals surface area contributed by atoms with E-state index in [1.54, 1.807) is 6.92 Å². The number of carbonyl (C=O) groups is 2. The van der Waals surface area contributed by atoms with Crippen molar-refractivity contribution in [1.82, 2.24) is 14.9 Å². The number of aryl methyl sites for hydroxylation is 1. The number of nitrogens with zero attached hydrogens (tertiary/aromatic N) is 2. The van der Waals surface area contributed by atoms with Crippen LogP contribution in [-0.2, 0) is 15.7 Å². The van der Waals surface area contributed by atoms with Crippen molar-refractivity contribution < 1.29 is 32.6 Å². The van der Waals surface area contributed by atoms with Gasteiger partial charge in [-0.1, -0.05) is 12.1 Å². The minimum absolute atomic E-state index is 0.0460. The van der Waals surface area contributed by atoms with Gasteiger partial charge in [-0.3, -0.25) is 9.59 Å². The number of hydrogen-bond acceptors (Lipinski definition) is 4. The number of aliphatic carboxylic acids is 1. The molecule has 1 aromatic carbocycles. The van der Waals surface area contributed by atoms with E-state index < -0.39 is 29.7 Å². The summed E-state index contributed by atoms with van der Waals surface area (Å²) >= 11 is 0. The molecule has 1 aromatic heterocycles. The molecule has 10 heteroatoms. The monoisotopic (exact) mass is 397 g/mol. The third-order valence-corrected chi connectivity index (χ3v) is 4.45. The normalized spacial score (nSPS) is 17.6. The van der Waals surface area contributed by atoms with Crippen molar-refractivity contribution in [3.63, 3.8) is 0 Å². The molecule has 1 aliphatic heterocycles. The summed E-state index contributed by atoms with van der Waals surface area (Å²) in [4.78, 5) is 32.3. The lowest BCUT2D eigenvalue weighted by Crippen LogP contribution is -2.49. The molecule has 150 valence electrons. The molecule has 0 aliphatic carbocycles. The van der Waals surface area contributed by atoms with Crippen molar-refractivity contribution in [2.24, 2.45) is 0 Å². The fourth-order valence-electron chi connectivity index (χ4n) is 3.08. The Morgan fingerprint density at radius 1 is 1.39 bits per heavy atom. The second-order valence-corrected chi connectivity index (χ2v) is 6.46. The minimum atomic E-state index is -4.49. The first kappa shape index (κ1) is 19.9. The number of halogens is 3. The molecule has 2 aromatic rings. The van der Waals surface area contributed by atoms with E-state index in [4.69, 9.17) is 9.84 Å². The number of H-pyrrole nitrogens is 1. The average Bonchev–Trinajstić information content (AvgIpc) is 3.02. The van der Waals surface area contributed by atoms with E-state index in [-0.39, 0.29) is 43.3 Å². The van der Waals surface area contributed by atoms with Crippen molar-refractivity contribution in [3.8, 4) is 11.4 Å². The van der Waals surface area contributed by atoms with Gasteiger partial charge < -0.3 is 19.7 Å². The highest BCUT2D eigenvalue weighted by Gasteiger charge is 2.33. The summed E-state index contributed by atoms with van der Waals surface area (Å²) in [6.45, 7) is 2.17. The molecule has 1 fully saturated rings. The first-order valence-electron chi connectivity index (χ1n) is 8.51. The standard InChI is InChI=1S/C18H18F3N3O4/c1-10-15(17(27)24-5-6-28-9-13(24)8-14(25)26)23-16(22-10)11-3-2-4-12(7-11)18(19,20)21/h2-4,7,13H,5-6,8-9H2,1H3,(H,22,23)(H,25,26). The van der Waals surface area contributed by atoms with Gasteiger partial charge >= 0.3 is 12.1 Å². The molecule has 28 heavy (non-hydrogen) atoms. The van der Waals surface area contributed by atoms with Crippen molar-refractivity contribution >= 4 is 11.9 Å². The molecule has 0 bridgehead atoms. The molecular formula is C18H18F3N3O4. The second-order valence-electron chi connectivity index (χ2n) is 6.46. The van der Waals surface area contributed by atoms with Crippen LogP contribution < -0.4 is 0 Å². The summed E-state index contributed by atoms with van der Waals surface area (Å²) in [6, 6.07) is 4.00. The maximum absolute atomic E-state index is 12.9. The molecule has 1 saturated heterocycles. The fraction of sp³-hybridized carbons (Fsp3) is 0.389. The summed E-state index contributed by atoms with van der Waals surface area (Å²) in [5.41, 5.74) is -0.189. The van der Waals surface area contributed by atoms with Gasteiger partial charge in [0.25, 0.3) is 5.91 Å². The van der Waals surface area contributed by atoms with E-state index >= 15 is 0 Å². The van der Waals surface area contributed by atoms with Gasteiger partial charge in [0.1, 0.15) is 11.5 Å². The average molecular weight is 397 g/mol. The molecule has 0 saturated carbocycles. The van der Waals surface area contributed by atoms with Crippen LogP contribution in [0, 0.1) is 6.92 Å². The Bertz CT molecular complexity index is 894. The lowest BCUT2D eigenvalue weighted by molar-refractivity contribution is -0.139. The third kappa shape index (κ3) is 4.16. The van der Waals surface area contributed by atoms with Crippen LogP contribution in [0.1, 0.15) is 28.2 Å². The van der Waals surface area contributed by atoms with Gasteiger partial charge in [0.15, 0.2) is 0 Å². The Balaban J connectivity index is 1.89. The number of morpholine rings is 1. The van der Waals surface area contributed by atoms with E-state index in [0.717, 1.165) is 12.1 Å². The number of ether oxygens (including phenoxy) is 1. The van der Waals surface area contributed by atoms with Gasteiger partial charge in [-0.25, -0.2) is 4.98 Å².